The smallest absolute Gasteiger partial charge is 0.312 e. The minimum atomic E-state index is -0.597. The van der Waals surface area contributed by atoms with Gasteiger partial charge in [0.1, 0.15) is 4.60 Å². The Bertz CT molecular complexity index is 1020. The molecule has 0 N–H and O–H groups in total. The number of nitrogens with zero attached hydrogens (tertiary/aromatic N) is 4. The second-order valence-corrected chi connectivity index (χ2v) is 6.23. The van der Waals surface area contributed by atoms with Crippen LogP contribution in [0.15, 0.2) is 47.3 Å². The molecule has 0 bridgehead atoms. The predicted molar refractivity (Wildman–Crippen MR) is 96.5 cm³/mol. The van der Waals surface area contributed by atoms with Crippen molar-refractivity contribution in [1.82, 2.24) is 14.5 Å². The topological polar surface area (TPSA) is 100 Å². The van der Waals surface area contributed by atoms with Gasteiger partial charge in [-0.15, -0.1) is 0 Å². The van der Waals surface area contributed by atoms with Crippen LogP contribution in [-0.2, 0) is 7.05 Å². The molecule has 0 aliphatic heterocycles. The number of aryl methyl sites for hydroxylation is 2. The third-order valence-electron chi connectivity index (χ3n) is 3.62. The Hall–Kier alpha value is -3.07. The van der Waals surface area contributed by atoms with Crippen LogP contribution < -0.4 is 4.74 Å². The minimum absolute atomic E-state index is 0.0118. The van der Waals surface area contributed by atoms with Gasteiger partial charge in [0.05, 0.1) is 4.92 Å². The first-order valence-electron chi connectivity index (χ1n) is 7.48. The molecule has 0 saturated heterocycles. The van der Waals surface area contributed by atoms with E-state index in [9.17, 15) is 14.9 Å². The lowest BCUT2D eigenvalue weighted by atomic mass is 10.1. The number of carbonyl (C=O) groups excluding carboxylic acids is 1. The third-order valence-corrected chi connectivity index (χ3v) is 4.18. The van der Waals surface area contributed by atoms with Crippen LogP contribution in [0.4, 0.5) is 5.69 Å². The molecule has 8 nitrogen and oxygen atoms in total. The molecule has 0 aliphatic rings. The van der Waals surface area contributed by atoms with Gasteiger partial charge < -0.3 is 9.30 Å². The molecule has 0 amide bonds. The van der Waals surface area contributed by atoms with Crippen molar-refractivity contribution in [1.29, 1.82) is 0 Å². The number of carbonyl (C=O) groups is 1. The van der Waals surface area contributed by atoms with Crippen molar-refractivity contribution in [2.24, 2.45) is 7.05 Å². The summed E-state index contributed by atoms with van der Waals surface area (Å²) in [7, 11) is 1.67. The first kappa shape index (κ1) is 17.7. The molecule has 0 atom stereocenters. The second-order valence-electron chi connectivity index (χ2n) is 5.47. The maximum Gasteiger partial charge on any atom is 0.312 e. The normalized spacial score (nSPS) is 10.6. The van der Waals surface area contributed by atoms with E-state index in [1.807, 2.05) is 6.92 Å². The van der Waals surface area contributed by atoms with Crippen LogP contribution in [0.5, 0.6) is 11.5 Å². The van der Waals surface area contributed by atoms with Gasteiger partial charge in [-0.3, -0.25) is 14.9 Å². The summed E-state index contributed by atoms with van der Waals surface area (Å²) in [6.45, 7) is 1.81. The lowest BCUT2D eigenvalue weighted by molar-refractivity contribution is -0.385. The largest absolute Gasteiger partial charge is 0.447 e. The van der Waals surface area contributed by atoms with E-state index in [2.05, 4.69) is 25.9 Å². The van der Waals surface area contributed by atoms with E-state index in [-0.39, 0.29) is 22.8 Å². The number of pyridine rings is 1. The Labute approximate surface area is 156 Å². The van der Waals surface area contributed by atoms with Gasteiger partial charge in [0, 0.05) is 36.8 Å². The molecule has 3 aromatic rings. The van der Waals surface area contributed by atoms with Crippen LogP contribution in [0.3, 0.4) is 0 Å². The van der Waals surface area contributed by atoms with Gasteiger partial charge in [0.25, 0.3) is 0 Å². The number of nitro benzene ring substituents is 1. The first-order chi connectivity index (χ1) is 12.4. The highest BCUT2D eigenvalue weighted by atomic mass is 79.9. The van der Waals surface area contributed by atoms with Crippen LogP contribution in [0, 0.1) is 17.0 Å². The number of hydrogen-bond acceptors (Lipinski definition) is 6. The molecule has 0 fully saturated rings. The zero-order chi connectivity index (χ0) is 18.8. The third kappa shape index (κ3) is 3.47. The zero-order valence-electron chi connectivity index (χ0n) is 13.8. The van der Waals surface area contributed by atoms with Gasteiger partial charge in [0.2, 0.25) is 11.5 Å². The Morgan fingerprint density at radius 3 is 2.62 bits per heavy atom. The summed E-state index contributed by atoms with van der Waals surface area (Å²) < 4.78 is 7.60. The van der Waals surface area contributed by atoms with Crippen LogP contribution in [0.1, 0.15) is 21.9 Å². The summed E-state index contributed by atoms with van der Waals surface area (Å²) in [5, 5.41) is 11.4. The number of nitro groups is 1. The Morgan fingerprint density at radius 1 is 1.27 bits per heavy atom. The Morgan fingerprint density at radius 2 is 2.00 bits per heavy atom. The Kier molecular flexibility index (Phi) is 4.81. The number of rotatable bonds is 5. The Balaban J connectivity index is 1.98. The van der Waals surface area contributed by atoms with Gasteiger partial charge in [-0.25, -0.2) is 9.97 Å². The van der Waals surface area contributed by atoms with Gasteiger partial charge in [0.15, 0.2) is 11.6 Å². The maximum absolute atomic E-state index is 12.5. The fourth-order valence-electron chi connectivity index (χ4n) is 2.31. The van der Waals surface area contributed by atoms with Crippen molar-refractivity contribution in [3.8, 4) is 11.5 Å². The lowest BCUT2D eigenvalue weighted by Gasteiger charge is -2.09. The molecule has 0 unspecified atom stereocenters. The summed E-state index contributed by atoms with van der Waals surface area (Å²) in [5.41, 5.74) is 0.603. The van der Waals surface area contributed by atoms with Crippen LogP contribution in [0.25, 0.3) is 0 Å². The lowest BCUT2D eigenvalue weighted by Crippen LogP contribution is -2.09. The fourth-order valence-corrected chi connectivity index (χ4v) is 2.80. The van der Waals surface area contributed by atoms with Crippen molar-refractivity contribution < 1.29 is 14.5 Å². The van der Waals surface area contributed by atoms with Crippen molar-refractivity contribution in [2.75, 3.05) is 0 Å². The highest BCUT2D eigenvalue weighted by molar-refractivity contribution is 9.10. The monoisotopic (exact) mass is 416 g/mol. The number of ketones is 1. The molecule has 2 aromatic heterocycles. The molecule has 132 valence electrons. The van der Waals surface area contributed by atoms with Crippen LogP contribution >= 0.6 is 15.9 Å². The number of hydrogen-bond donors (Lipinski definition) is 0. The summed E-state index contributed by atoms with van der Waals surface area (Å²) >= 11 is 3.27. The highest BCUT2D eigenvalue weighted by Crippen LogP contribution is 2.35. The van der Waals surface area contributed by atoms with Crippen molar-refractivity contribution in [3.63, 3.8) is 0 Å². The molecule has 0 aliphatic carbocycles. The van der Waals surface area contributed by atoms with Crippen LogP contribution in [0.2, 0.25) is 0 Å². The second kappa shape index (κ2) is 7.04. The van der Waals surface area contributed by atoms with E-state index in [0.717, 1.165) is 5.69 Å². The van der Waals surface area contributed by atoms with Crippen molar-refractivity contribution in [3.05, 3.63) is 74.5 Å². The molecule has 0 radical (unpaired) electrons. The average Bonchev–Trinajstić information content (AvgIpc) is 3.02. The predicted octanol–water partition coefficient (Wildman–Crippen LogP) is 3.82. The number of aromatic nitrogens is 3. The molecule has 1 aromatic carbocycles. The molecule has 2 heterocycles. The fraction of sp³-hybridized carbons (Fsp3) is 0.118. The zero-order valence-corrected chi connectivity index (χ0v) is 15.4. The minimum Gasteiger partial charge on any atom is -0.447 e. The van der Waals surface area contributed by atoms with E-state index in [0.29, 0.717) is 10.4 Å². The van der Waals surface area contributed by atoms with Gasteiger partial charge in [-0.1, -0.05) is 0 Å². The van der Waals surface area contributed by atoms with Gasteiger partial charge in [-0.2, -0.15) is 0 Å². The van der Waals surface area contributed by atoms with Gasteiger partial charge in [-0.05, 0) is 47.1 Å². The van der Waals surface area contributed by atoms with E-state index in [4.69, 9.17) is 4.74 Å². The van der Waals surface area contributed by atoms with E-state index in [1.165, 1.54) is 24.4 Å². The van der Waals surface area contributed by atoms with Crippen molar-refractivity contribution in [2.45, 2.75) is 6.92 Å². The summed E-state index contributed by atoms with van der Waals surface area (Å²) in [4.78, 5) is 31.5. The summed E-state index contributed by atoms with van der Waals surface area (Å²) in [5.74, 6) is 0.128. The molecular formula is C17H13BrN4O4. The maximum atomic E-state index is 12.5. The molecular weight excluding hydrogens is 404 g/mol. The molecule has 9 heteroatoms. The SMILES string of the molecule is Cc1ccc(Oc2ccc(C(=O)c3nccn3C)cc2[N+](=O)[O-])c(Br)n1. The first-order valence-corrected chi connectivity index (χ1v) is 8.27. The summed E-state index contributed by atoms with van der Waals surface area (Å²) in [6.07, 6.45) is 3.11. The van der Waals surface area contributed by atoms with E-state index in [1.54, 1.807) is 29.9 Å². The molecule has 0 saturated carbocycles. The molecule has 26 heavy (non-hydrogen) atoms. The van der Waals surface area contributed by atoms with Crippen LogP contribution in [-0.4, -0.2) is 25.2 Å². The highest BCUT2D eigenvalue weighted by Gasteiger charge is 2.22. The van der Waals surface area contributed by atoms with E-state index < -0.39 is 10.7 Å². The van der Waals surface area contributed by atoms with Crippen molar-refractivity contribution >= 4 is 27.4 Å². The number of benzene rings is 1. The van der Waals surface area contributed by atoms with Gasteiger partial charge >= 0.3 is 5.69 Å². The standard InChI is InChI=1S/C17H13BrN4O4/c1-10-3-5-14(16(18)20-10)26-13-6-4-11(9-12(13)22(24)25)15(23)17-19-7-8-21(17)2/h3-9H,1-2H3. The number of halogens is 1. The number of ether oxygens (including phenoxy) is 1. The molecule has 3 rings (SSSR count). The average molecular weight is 417 g/mol. The quantitative estimate of drug-likeness (QED) is 0.271. The number of imidazole rings is 1. The van der Waals surface area contributed by atoms with E-state index >= 15 is 0 Å². The molecule has 0 spiro atoms. The summed E-state index contributed by atoms with van der Waals surface area (Å²) in [6, 6.07) is 7.42.